The van der Waals surface area contributed by atoms with Crippen molar-refractivity contribution in [1.82, 2.24) is 20.2 Å². The summed E-state index contributed by atoms with van der Waals surface area (Å²) in [5.41, 5.74) is 1.20. The van der Waals surface area contributed by atoms with Crippen molar-refractivity contribution >= 4 is 11.8 Å². The predicted octanol–water partition coefficient (Wildman–Crippen LogP) is 0.411. The maximum Gasteiger partial charge on any atom is 0.251 e. The Morgan fingerprint density at radius 3 is 2.68 bits per heavy atom. The van der Waals surface area contributed by atoms with Crippen LogP contribution in [0.2, 0.25) is 0 Å². The molecule has 1 aliphatic heterocycles. The highest BCUT2D eigenvalue weighted by atomic mass is 16.3. The maximum atomic E-state index is 12.3. The third-order valence-corrected chi connectivity index (χ3v) is 4.25. The van der Waals surface area contributed by atoms with E-state index in [-0.39, 0.29) is 30.8 Å². The lowest BCUT2D eigenvalue weighted by Crippen LogP contribution is -2.55. The zero-order chi connectivity index (χ0) is 17.6. The first-order valence-electron chi connectivity index (χ1n) is 8.20. The highest BCUT2D eigenvalue weighted by Gasteiger charge is 2.31. The molecular weight excluding hydrogens is 320 g/mol. The van der Waals surface area contributed by atoms with Gasteiger partial charge in [-0.1, -0.05) is 6.07 Å². The molecule has 0 spiro atoms. The molecule has 3 rings (SSSR count). The number of rotatable bonds is 4. The summed E-state index contributed by atoms with van der Waals surface area (Å²) in [7, 11) is 0. The number of pyridine rings is 2. The van der Waals surface area contributed by atoms with Crippen molar-refractivity contribution in [2.45, 2.75) is 25.0 Å². The molecule has 2 aromatic heterocycles. The average molecular weight is 340 g/mol. The van der Waals surface area contributed by atoms with E-state index >= 15 is 0 Å². The molecule has 0 radical (unpaired) electrons. The summed E-state index contributed by atoms with van der Waals surface area (Å²) in [4.78, 5) is 34.2. The minimum absolute atomic E-state index is 0.0725. The highest BCUT2D eigenvalue weighted by molar-refractivity contribution is 5.94. The molecule has 2 amide bonds. The molecule has 2 N–H and O–H groups in total. The van der Waals surface area contributed by atoms with Gasteiger partial charge < -0.3 is 15.3 Å². The van der Waals surface area contributed by atoms with Crippen LogP contribution in [0.15, 0.2) is 48.9 Å². The minimum Gasteiger partial charge on any atom is -0.389 e. The van der Waals surface area contributed by atoms with Gasteiger partial charge in [0.2, 0.25) is 5.91 Å². The van der Waals surface area contributed by atoms with Crippen molar-refractivity contribution in [3.05, 3.63) is 60.2 Å². The standard InChI is InChI=1S/C18H20N4O3/c23-16-12-22(17(24)11-14-3-1-2-7-20-14)10-6-15(16)21-18(25)13-4-8-19-9-5-13/h1-5,7-9,15-16,23H,6,10-12H2,(H,21,25). The van der Waals surface area contributed by atoms with Crippen LogP contribution in [0.5, 0.6) is 0 Å². The van der Waals surface area contributed by atoms with Crippen LogP contribution in [0, 0.1) is 0 Å². The Labute approximate surface area is 145 Å². The Kier molecular flexibility index (Phi) is 5.35. The number of nitrogens with one attached hydrogen (secondary N) is 1. The molecule has 2 atom stereocenters. The third kappa shape index (κ3) is 4.39. The summed E-state index contributed by atoms with van der Waals surface area (Å²) in [6.07, 6.45) is 4.66. The molecule has 25 heavy (non-hydrogen) atoms. The fourth-order valence-electron chi connectivity index (χ4n) is 2.85. The first-order chi connectivity index (χ1) is 12.1. The summed E-state index contributed by atoms with van der Waals surface area (Å²) in [6, 6.07) is 8.30. The van der Waals surface area contributed by atoms with Gasteiger partial charge in [-0.05, 0) is 30.7 Å². The lowest BCUT2D eigenvalue weighted by Gasteiger charge is -2.36. The number of amides is 2. The number of aliphatic hydroxyl groups is 1. The van der Waals surface area contributed by atoms with Gasteiger partial charge in [0.25, 0.3) is 5.91 Å². The van der Waals surface area contributed by atoms with Gasteiger partial charge in [-0.3, -0.25) is 19.6 Å². The molecule has 1 aliphatic rings. The van der Waals surface area contributed by atoms with Gasteiger partial charge >= 0.3 is 0 Å². The van der Waals surface area contributed by atoms with Crippen molar-refractivity contribution in [3.63, 3.8) is 0 Å². The highest BCUT2D eigenvalue weighted by Crippen LogP contribution is 2.13. The smallest absolute Gasteiger partial charge is 0.251 e. The normalized spacial score (nSPS) is 20.1. The van der Waals surface area contributed by atoms with Gasteiger partial charge in [0.15, 0.2) is 0 Å². The van der Waals surface area contributed by atoms with E-state index in [9.17, 15) is 14.7 Å². The number of aromatic nitrogens is 2. The van der Waals surface area contributed by atoms with Crippen molar-refractivity contribution < 1.29 is 14.7 Å². The Balaban J connectivity index is 1.53. The molecule has 0 saturated carbocycles. The summed E-state index contributed by atoms with van der Waals surface area (Å²) >= 11 is 0. The zero-order valence-electron chi connectivity index (χ0n) is 13.7. The summed E-state index contributed by atoms with van der Waals surface area (Å²) in [6.45, 7) is 0.691. The van der Waals surface area contributed by atoms with Crippen LogP contribution in [-0.2, 0) is 11.2 Å². The number of likely N-dealkylation sites (tertiary alicyclic amines) is 1. The molecule has 7 heteroatoms. The number of nitrogens with zero attached hydrogens (tertiary/aromatic N) is 3. The number of carbonyl (C=O) groups excluding carboxylic acids is 2. The van der Waals surface area contributed by atoms with Crippen LogP contribution < -0.4 is 5.32 Å². The Morgan fingerprint density at radius 2 is 2.00 bits per heavy atom. The molecule has 2 unspecified atom stereocenters. The second kappa shape index (κ2) is 7.85. The van der Waals surface area contributed by atoms with E-state index in [0.717, 1.165) is 0 Å². The van der Waals surface area contributed by atoms with E-state index in [1.54, 1.807) is 47.8 Å². The number of carbonyl (C=O) groups is 2. The molecule has 2 aromatic rings. The van der Waals surface area contributed by atoms with Crippen molar-refractivity contribution in [1.29, 1.82) is 0 Å². The average Bonchev–Trinajstić information content (AvgIpc) is 2.65. The van der Waals surface area contributed by atoms with Crippen LogP contribution in [0.25, 0.3) is 0 Å². The number of hydrogen-bond acceptors (Lipinski definition) is 5. The van der Waals surface area contributed by atoms with E-state index in [0.29, 0.717) is 24.2 Å². The largest absolute Gasteiger partial charge is 0.389 e. The first-order valence-corrected chi connectivity index (χ1v) is 8.20. The van der Waals surface area contributed by atoms with Gasteiger partial charge in [0.1, 0.15) is 0 Å². The molecule has 0 aliphatic carbocycles. The van der Waals surface area contributed by atoms with Gasteiger partial charge in [0, 0.05) is 42.9 Å². The van der Waals surface area contributed by atoms with Gasteiger partial charge in [-0.15, -0.1) is 0 Å². The minimum atomic E-state index is -0.799. The van der Waals surface area contributed by atoms with Crippen LogP contribution in [0.1, 0.15) is 22.5 Å². The molecule has 130 valence electrons. The summed E-state index contributed by atoms with van der Waals surface area (Å²) in [5.74, 6) is -0.323. The van der Waals surface area contributed by atoms with Gasteiger partial charge in [-0.2, -0.15) is 0 Å². The fraction of sp³-hybridized carbons (Fsp3) is 0.333. The van der Waals surface area contributed by atoms with E-state index in [4.69, 9.17) is 0 Å². The van der Waals surface area contributed by atoms with Gasteiger partial charge in [-0.25, -0.2) is 0 Å². The number of β-amino-alcohol motifs (C(OH)–C–C–N with tert-alkyl or cyclic N) is 1. The van der Waals surface area contributed by atoms with E-state index in [2.05, 4.69) is 15.3 Å². The van der Waals surface area contributed by atoms with E-state index < -0.39 is 6.10 Å². The number of piperidine rings is 1. The molecule has 1 fully saturated rings. The molecule has 0 bridgehead atoms. The first kappa shape index (κ1) is 17.0. The van der Waals surface area contributed by atoms with Crippen LogP contribution in [0.4, 0.5) is 0 Å². The number of hydrogen-bond donors (Lipinski definition) is 2. The van der Waals surface area contributed by atoms with Crippen molar-refractivity contribution in [2.75, 3.05) is 13.1 Å². The quantitative estimate of drug-likeness (QED) is 0.841. The topological polar surface area (TPSA) is 95.4 Å². The van der Waals surface area contributed by atoms with E-state index in [1.165, 1.54) is 0 Å². The van der Waals surface area contributed by atoms with Crippen LogP contribution in [0.3, 0.4) is 0 Å². The monoisotopic (exact) mass is 340 g/mol. The second-order valence-electron chi connectivity index (χ2n) is 6.01. The SMILES string of the molecule is O=C(NC1CCN(C(=O)Cc2ccccn2)CC1O)c1ccncc1. The van der Waals surface area contributed by atoms with Crippen LogP contribution in [-0.4, -0.2) is 57.0 Å². The predicted molar refractivity (Wildman–Crippen MR) is 90.6 cm³/mol. The third-order valence-electron chi connectivity index (χ3n) is 4.25. The molecule has 0 aromatic carbocycles. The zero-order valence-corrected chi connectivity index (χ0v) is 13.7. The van der Waals surface area contributed by atoms with Crippen molar-refractivity contribution in [2.24, 2.45) is 0 Å². The Hall–Kier alpha value is -2.80. The number of aliphatic hydroxyl groups excluding tert-OH is 1. The van der Waals surface area contributed by atoms with Crippen molar-refractivity contribution in [3.8, 4) is 0 Å². The summed E-state index contributed by atoms with van der Waals surface area (Å²) in [5, 5.41) is 13.1. The van der Waals surface area contributed by atoms with Crippen LogP contribution >= 0.6 is 0 Å². The Morgan fingerprint density at radius 1 is 1.20 bits per heavy atom. The second-order valence-corrected chi connectivity index (χ2v) is 6.01. The molecule has 1 saturated heterocycles. The van der Waals surface area contributed by atoms with Gasteiger partial charge in [0.05, 0.1) is 18.6 Å². The Bertz CT molecular complexity index is 724. The fourth-order valence-corrected chi connectivity index (χ4v) is 2.85. The molecular formula is C18H20N4O3. The molecule has 7 nitrogen and oxygen atoms in total. The lowest BCUT2D eigenvalue weighted by atomic mass is 10.0. The van der Waals surface area contributed by atoms with E-state index in [1.807, 2.05) is 6.07 Å². The molecule has 3 heterocycles. The summed E-state index contributed by atoms with van der Waals surface area (Å²) < 4.78 is 0. The lowest BCUT2D eigenvalue weighted by molar-refractivity contribution is -0.134. The maximum absolute atomic E-state index is 12.3.